The zero-order valence-corrected chi connectivity index (χ0v) is 17.0. The number of hydrogen-bond acceptors (Lipinski definition) is 6. The van der Waals surface area contributed by atoms with Gasteiger partial charge in [0.2, 0.25) is 0 Å². The second-order valence-corrected chi connectivity index (χ2v) is 7.27. The van der Waals surface area contributed by atoms with Crippen LogP contribution in [0.4, 0.5) is 4.79 Å². The number of nitrogens with zero attached hydrogens (tertiary/aromatic N) is 2. The Morgan fingerprint density at radius 3 is 2.66 bits per heavy atom. The smallest absolute Gasteiger partial charge is 0.293 e. The number of benzene rings is 2. The summed E-state index contributed by atoms with van der Waals surface area (Å²) in [5.41, 5.74) is 2.68. The number of ether oxygens (including phenoxy) is 2. The van der Waals surface area contributed by atoms with Gasteiger partial charge in [-0.2, -0.15) is 5.26 Å². The predicted molar refractivity (Wildman–Crippen MR) is 111 cm³/mol. The fourth-order valence-corrected chi connectivity index (χ4v) is 3.70. The molecular weight excluding hydrogens is 388 g/mol. The van der Waals surface area contributed by atoms with E-state index < -0.39 is 0 Å². The van der Waals surface area contributed by atoms with Gasteiger partial charge in [0.1, 0.15) is 6.07 Å². The molecule has 0 aliphatic carbocycles. The Morgan fingerprint density at radius 2 is 1.93 bits per heavy atom. The summed E-state index contributed by atoms with van der Waals surface area (Å²) >= 11 is 0.922. The number of carbonyl (C=O) groups is 2. The highest BCUT2D eigenvalue weighted by atomic mass is 32.2. The van der Waals surface area contributed by atoms with Gasteiger partial charge in [-0.15, -0.1) is 0 Å². The SMILES string of the molecule is CCOc1cc(/C=C2\SC(=O)N(Cc3ccccc3C)C2=O)ccc1OCC#N. The minimum Gasteiger partial charge on any atom is -0.490 e. The zero-order chi connectivity index (χ0) is 20.8. The molecule has 0 spiro atoms. The molecule has 0 aromatic heterocycles. The molecule has 7 heteroatoms. The summed E-state index contributed by atoms with van der Waals surface area (Å²) in [6, 6.07) is 14.8. The first kappa shape index (κ1) is 20.5. The summed E-state index contributed by atoms with van der Waals surface area (Å²) in [5.74, 6) is 0.625. The van der Waals surface area contributed by atoms with E-state index in [0.717, 1.165) is 22.9 Å². The first-order valence-electron chi connectivity index (χ1n) is 9.10. The number of rotatable bonds is 7. The zero-order valence-electron chi connectivity index (χ0n) is 16.2. The molecule has 1 saturated heterocycles. The highest BCUT2D eigenvalue weighted by Crippen LogP contribution is 2.35. The van der Waals surface area contributed by atoms with Crippen molar-refractivity contribution in [2.45, 2.75) is 20.4 Å². The lowest BCUT2D eigenvalue weighted by Gasteiger charge is -2.14. The van der Waals surface area contributed by atoms with E-state index in [4.69, 9.17) is 14.7 Å². The van der Waals surface area contributed by atoms with Crippen molar-refractivity contribution in [2.24, 2.45) is 0 Å². The monoisotopic (exact) mass is 408 g/mol. The Hall–Kier alpha value is -3.24. The Balaban J connectivity index is 1.82. The van der Waals surface area contributed by atoms with Gasteiger partial charge in [0.15, 0.2) is 18.1 Å². The van der Waals surface area contributed by atoms with Crippen LogP contribution in [-0.4, -0.2) is 29.3 Å². The molecule has 0 bridgehead atoms. The Labute approximate surface area is 173 Å². The van der Waals surface area contributed by atoms with E-state index in [-0.39, 0.29) is 24.3 Å². The number of carbonyl (C=O) groups excluding carboxylic acids is 2. The van der Waals surface area contributed by atoms with Crippen LogP contribution in [0.15, 0.2) is 47.4 Å². The van der Waals surface area contributed by atoms with Crippen molar-refractivity contribution in [3.05, 3.63) is 64.1 Å². The van der Waals surface area contributed by atoms with Gasteiger partial charge in [0.25, 0.3) is 11.1 Å². The van der Waals surface area contributed by atoms with Crippen molar-refractivity contribution >= 4 is 29.0 Å². The Morgan fingerprint density at radius 1 is 1.14 bits per heavy atom. The topological polar surface area (TPSA) is 79.6 Å². The lowest BCUT2D eigenvalue weighted by atomic mass is 10.1. The van der Waals surface area contributed by atoms with Gasteiger partial charge in [-0.05, 0) is 60.5 Å². The van der Waals surface area contributed by atoms with Gasteiger partial charge >= 0.3 is 0 Å². The standard InChI is InChI=1S/C22H20N2O4S/c1-3-27-19-12-16(8-9-18(19)28-11-10-23)13-20-21(25)24(22(26)29-20)14-17-7-5-4-6-15(17)2/h4-9,12-13H,3,11,14H2,1-2H3/b20-13-. The fraction of sp³-hybridized carbons (Fsp3) is 0.227. The molecule has 1 heterocycles. The molecule has 0 saturated carbocycles. The van der Waals surface area contributed by atoms with Crippen molar-refractivity contribution in [1.82, 2.24) is 4.90 Å². The number of aryl methyl sites for hydroxylation is 1. The molecule has 148 valence electrons. The van der Waals surface area contributed by atoms with E-state index in [1.807, 2.05) is 44.2 Å². The molecule has 0 radical (unpaired) electrons. The quantitative estimate of drug-likeness (QED) is 0.626. The molecule has 6 nitrogen and oxygen atoms in total. The third-order valence-corrected chi connectivity index (χ3v) is 5.23. The molecule has 2 aromatic rings. The van der Waals surface area contributed by atoms with E-state index in [1.165, 1.54) is 4.90 Å². The molecule has 1 aliphatic heterocycles. The van der Waals surface area contributed by atoms with E-state index in [1.54, 1.807) is 24.3 Å². The van der Waals surface area contributed by atoms with Crippen LogP contribution < -0.4 is 9.47 Å². The normalized spacial score (nSPS) is 14.9. The molecule has 0 unspecified atom stereocenters. The summed E-state index contributed by atoms with van der Waals surface area (Å²) < 4.78 is 10.9. The maximum Gasteiger partial charge on any atom is 0.293 e. The molecule has 0 atom stereocenters. The third-order valence-electron chi connectivity index (χ3n) is 4.32. The van der Waals surface area contributed by atoms with Crippen LogP contribution in [0.2, 0.25) is 0 Å². The first-order valence-corrected chi connectivity index (χ1v) is 9.91. The predicted octanol–water partition coefficient (Wildman–Crippen LogP) is 4.53. The van der Waals surface area contributed by atoms with E-state index in [2.05, 4.69) is 0 Å². The Bertz CT molecular complexity index is 1010. The minimum atomic E-state index is -0.314. The number of thioether (sulfide) groups is 1. The third kappa shape index (κ3) is 4.79. The maximum atomic E-state index is 12.8. The van der Waals surface area contributed by atoms with Crippen LogP contribution in [-0.2, 0) is 11.3 Å². The second kappa shape index (κ2) is 9.30. The van der Waals surface area contributed by atoms with Crippen LogP contribution in [0.25, 0.3) is 6.08 Å². The van der Waals surface area contributed by atoms with Crippen LogP contribution in [0.5, 0.6) is 11.5 Å². The van der Waals surface area contributed by atoms with Crippen molar-refractivity contribution in [1.29, 1.82) is 5.26 Å². The van der Waals surface area contributed by atoms with Crippen LogP contribution in [0, 0.1) is 18.3 Å². The number of nitriles is 1. The minimum absolute atomic E-state index is 0.0861. The summed E-state index contributed by atoms with van der Waals surface area (Å²) in [7, 11) is 0. The molecule has 1 aliphatic rings. The largest absolute Gasteiger partial charge is 0.490 e. The van der Waals surface area contributed by atoms with Gasteiger partial charge in [0.05, 0.1) is 18.1 Å². The van der Waals surface area contributed by atoms with Crippen molar-refractivity contribution in [2.75, 3.05) is 13.2 Å². The molecule has 29 heavy (non-hydrogen) atoms. The van der Waals surface area contributed by atoms with Crippen molar-refractivity contribution < 1.29 is 19.1 Å². The van der Waals surface area contributed by atoms with Gasteiger partial charge < -0.3 is 9.47 Å². The van der Waals surface area contributed by atoms with Crippen molar-refractivity contribution in [3.63, 3.8) is 0 Å². The highest BCUT2D eigenvalue weighted by molar-refractivity contribution is 8.18. The summed E-state index contributed by atoms with van der Waals surface area (Å²) in [5, 5.41) is 8.40. The molecule has 3 rings (SSSR count). The number of hydrogen-bond donors (Lipinski definition) is 0. The molecule has 2 aromatic carbocycles. The molecular formula is C22H20N2O4S. The number of amides is 2. The fourth-order valence-electron chi connectivity index (χ4n) is 2.86. The van der Waals surface area contributed by atoms with Crippen LogP contribution in [0.3, 0.4) is 0 Å². The van der Waals surface area contributed by atoms with Crippen LogP contribution in [0.1, 0.15) is 23.6 Å². The lowest BCUT2D eigenvalue weighted by Crippen LogP contribution is -2.27. The molecule has 2 amide bonds. The molecule has 0 N–H and O–H groups in total. The Kier molecular flexibility index (Phi) is 6.57. The summed E-state index contributed by atoms with van der Waals surface area (Å²) in [6.45, 7) is 4.39. The van der Waals surface area contributed by atoms with E-state index in [9.17, 15) is 9.59 Å². The van der Waals surface area contributed by atoms with Crippen LogP contribution >= 0.6 is 11.8 Å². The van der Waals surface area contributed by atoms with Gasteiger partial charge in [0, 0.05) is 0 Å². The van der Waals surface area contributed by atoms with Gasteiger partial charge in [-0.25, -0.2) is 0 Å². The van der Waals surface area contributed by atoms with Gasteiger partial charge in [-0.3, -0.25) is 14.5 Å². The molecule has 1 fully saturated rings. The average Bonchev–Trinajstić information content (AvgIpc) is 2.96. The first-order chi connectivity index (χ1) is 14.0. The second-order valence-electron chi connectivity index (χ2n) is 6.28. The van der Waals surface area contributed by atoms with E-state index in [0.29, 0.717) is 28.6 Å². The summed E-state index contributed by atoms with van der Waals surface area (Å²) in [6.07, 6.45) is 1.67. The lowest BCUT2D eigenvalue weighted by molar-refractivity contribution is -0.123. The van der Waals surface area contributed by atoms with Gasteiger partial charge in [-0.1, -0.05) is 30.3 Å². The summed E-state index contributed by atoms with van der Waals surface area (Å²) in [4.78, 5) is 26.8. The average molecular weight is 408 g/mol. The van der Waals surface area contributed by atoms with E-state index >= 15 is 0 Å². The van der Waals surface area contributed by atoms with Crippen molar-refractivity contribution in [3.8, 4) is 17.6 Å². The maximum absolute atomic E-state index is 12.8. The highest BCUT2D eigenvalue weighted by Gasteiger charge is 2.35. The number of imide groups is 1.